The van der Waals surface area contributed by atoms with Gasteiger partial charge in [0.05, 0.1) is 0 Å². The number of halogens is 4. The highest BCUT2D eigenvalue weighted by atomic mass is 127. The van der Waals surface area contributed by atoms with Crippen molar-refractivity contribution in [1.82, 2.24) is 0 Å². The molecule has 0 saturated carbocycles. The number of ether oxygens (including phenoxy) is 2. The van der Waals surface area contributed by atoms with Crippen molar-refractivity contribution in [3.05, 3.63) is 66.3 Å². The van der Waals surface area contributed by atoms with E-state index in [1.165, 1.54) is 32.4 Å². The number of hydrogen-bond donors (Lipinski definition) is 1. The normalized spacial score (nSPS) is 13.0. The van der Waals surface area contributed by atoms with Gasteiger partial charge in [0, 0.05) is 57.6 Å². The topological polar surface area (TPSA) is 73.9 Å². The zero-order valence-corrected chi connectivity index (χ0v) is 21.6. The summed E-state index contributed by atoms with van der Waals surface area (Å²) >= 11 is 4.28. The fraction of sp³-hybridized carbons (Fsp3) is 0.391. The van der Waals surface area contributed by atoms with Crippen LogP contribution in [0, 0.1) is 18.8 Å². The van der Waals surface area contributed by atoms with Crippen LogP contribution in [0.1, 0.15) is 44.2 Å². The fourth-order valence-corrected chi connectivity index (χ4v) is 4.59. The molecule has 32 heavy (non-hydrogen) atoms. The number of nitrogens with zero attached hydrogens (tertiary/aromatic N) is 1. The van der Waals surface area contributed by atoms with Gasteiger partial charge in [-0.05, 0) is 94.4 Å². The van der Waals surface area contributed by atoms with Crippen LogP contribution >= 0.6 is 45.2 Å². The summed E-state index contributed by atoms with van der Waals surface area (Å²) in [6, 6.07) is 9.19. The molecule has 0 aliphatic carbocycles. The van der Waals surface area contributed by atoms with Crippen LogP contribution < -0.4 is 5.73 Å². The Morgan fingerprint density at radius 3 is 2.22 bits per heavy atom. The lowest BCUT2D eigenvalue weighted by molar-refractivity contribution is -0.221. The van der Waals surface area contributed by atoms with Crippen LogP contribution in [0.15, 0.2) is 41.4 Å². The molecule has 1 aliphatic rings. The maximum absolute atomic E-state index is 13.3. The molecule has 0 saturated heterocycles. The van der Waals surface area contributed by atoms with Gasteiger partial charge in [0.25, 0.3) is 0 Å². The van der Waals surface area contributed by atoms with E-state index in [9.17, 15) is 13.6 Å². The van der Waals surface area contributed by atoms with Gasteiger partial charge in [-0.3, -0.25) is 9.79 Å². The van der Waals surface area contributed by atoms with Crippen molar-refractivity contribution in [3.8, 4) is 0 Å². The predicted molar refractivity (Wildman–Crippen MR) is 140 cm³/mol. The van der Waals surface area contributed by atoms with Crippen LogP contribution in [0.4, 0.5) is 8.78 Å². The smallest absolute Gasteiger partial charge is 0.217 e. The van der Waals surface area contributed by atoms with E-state index in [2.05, 4.69) is 50.2 Å². The Balaban J connectivity index is 0.000000324. The van der Waals surface area contributed by atoms with Crippen LogP contribution in [0.5, 0.6) is 0 Å². The summed E-state index contributed by atoms with van der Waals surface area (Å²) in [6.45, 7) is 0.891. The maximum Gasteiger partial charge on any atom is 0.217 e. The molecule has 2 N–H and O–H groups in total. The van der Waals surface area contributed by atoms with Crippen molar-refractivity contribution in [2.45, 2.75) is 38.9 Å². The van der Waals surface area contributed by atoms with Gasteiger partial charge in [0.15, 0.2) is 5.79 Å². The monoisotopic (exact) mass is 672 g/mol. The van der Waals surface area contributed by atoms with Crippen molar-refractivity contribution in [3.63, 3.8) is 0 Å². The summed E-state index contributed by atoms with van der Waals surface area (Å²) in [6.07, 6.45) is 2.41. The second-order valence-corrected chi connectivity index (χ2v) is 9.13. The minimum absolute atomic E-state index is 0. The second-order valence-electron chi connectivity index (χ2n) is 6.81. The Hall–Kier alpha value is -1.18. The molecule has 1 amide bonds. The number of aliphatic imine (C=N–C) groups is 1. The maximum atomic E-state index is 13.3. The summed E-state index contributed by atoms with van der Waals surface area (Å²) in [5, 5.41) is 0. The molecule has 0 spiro atoms. The molecule has 1 heterocycles. The first-order valence-corrected chi connectivity index (χ1v) is 11.7. The highest BCUT2D eigenvalue weighted by Gasteiger charge is 2.34. The van der Waals surface area contributed by atoms with E-state index in [4.69, 9.17) is 15.2 Å². The molecule has 0 atom stereocenters. The first-order chi connectivity index (χ1) is 14.7. The number of methoxy groups -OCH3 is 2. The Labute approximate surface area is 215 Å². The molecule has 5 nitrogen and oxygen atoms in total. The van der Waals surface area contributed by atoms with Gasteiger partial charge in [-0.2, -0.15) is 0 Å². The fourth-order valence-electron chi connectivity index (χ4n) is 3.20. The number of nitrogens with two attached hydrogens (primary N) is 1. The van der Waals surface area contributed by atoms with Gasteiger partial charge < -0.3 is 15.2 Å². The van der Waals surface area contributed by atoms with Gasteiger partial charge >= 0.3 is 0 Å². The van der Waals surface area contributed by atoms with E-state index in [-0.39, 0.29) is 31.9 Å². The van der Waals surface area contributed by atoms with Gasteiger partial charge in [0.1, 0.15) is 11.6 Å². The van der Waals surface area contributed by atoms with Crippen LogP contribution in [0.2, 0.25) is 0 Å². The molecule has 0 unspecified atom stereocenters. The van der Waals surface area contributed by atoms with Crippen molar-refractivity contribution < 1.29 is 23.0 Å². The van der Waals surface area contributed by atoms with Gasteiger partial charge in [0.2, 0.25) is 5.91 Å². The largest absolute Gasteiger partial charge is 0.370 e. The number of hydrogen-bond acceptors (Lipinski definition) is 4. The number of carbonyl (C=O) groups is 1. The quantitative estimate of drug-likeness (QED) is 0.299. The summed E-state index contributed by atoms with van der Waals surface area (Å²) in [4.78, 5) is 15.2. The zero-order chi connectivity index (χ0) is 23.0. The van der Waals surface area contributed by atoms with Crippen molar-refractivity contribution >= 4 is 56.8 Å². The molecule has 2 aromatic rings. The molecule has 3 rings (SSSR count). The number of benzene rings is 2. The average molecular weight is 672 g/mol. The lowest BCUT2D eigenvalue weighted by Gasteiger charge is -2.32. The van der Waals surface area contributed by atoms with E-state index in [0.29, 0.717) is 5.56 Å². The minimum atomic E-state index is -1.16. The Morgan fingerprint density at radius 2 is 1.69 bits per heavy atom. The molecule has 0 bridgehead atoms. The van der Waals surface area contributed by atoms with Gasteiger partial charge in [-0.15, -0.1) is 0 Å². The Bertz CT molecular complexity index is 951. The molecule has 0 fully saturated rings. The minimum Gasteiger partial charge on any atom is -0.370 e. The molecule has 0 radical (unpaired) electrons. The van der Waals surface area contributed by atoms with Crippen molar-refractivity contribution in [2.24, 2.45) is 10.7 Å². The number of primary amides is 1. The summed E-state index contributed by atoms with van der Waals surface area (Å²) in [5.74, 6) is -2.18. The lowest BCUT2D eigenvalue weighted by atomic mass is 10.00. The van der Waals surface area contributed by atoms with Crippen LogP contribution in [-0.2, 0) is 20.1 Å². The van der Waals surface area contributed by atoms with Crippen LogP contribution in [0.3, 0.4) is 0 Å². The molecular formula is C23H28F2I2N2O3. The molecule has 1 aliphatic heterocycles. The molecule has 9 heteroatoms. The highest BCUT2D eigenvalue weighted by Crippen LogP contribution is 2.34. The number of carbonyl (C=O) groups excluding carboxylic acids is 1. The number of amides is 1. The van der Waals surface area contributed by atoms with E-state index < -0.39 is 11.7 Å². The third kappa shape index (κ3) is 7.70. The van der Waals surface area contributed by atoms with Crippen molar-refractivity contribution in [1.29, 1.82) is 0 Å². The molecule has 176 valence electrons. The second kappa shape index (κ2) is 13.5. The molecule has 2 aromatic carbocycles. The summed E-state index contributed by atoms with van der Waals surface area (Å²) < 4.78 is 38.9. The van der Waals surface area contributed by atoms with Crippen LogP contribution in [0.25, 0.3) is 0 Å². The average Bonchev–Trinajstić information content (AvgIpc) is 3.28. The molecule has 0 aromatic heterocycles. The van der Waals surface area contributed by atoms with E-state index in [0.717, 1.165) is 37.8 Å². The zero-order valence-electron chi connectivity index (χ0n) is 17.3. The summed E-state index contributed by atoms with van der Waals surface area (Å²) in [5.41, 5.74) is 7.71. The van der Waals surface area contributed by atoms with Crippen molar-refractivity contribution in [2.75, 3.05) is 20.8 Å². The lowest BCUT2D eigenvalue weighted by Crippen LogP contribution is -2.33. The third-order valence-electron chi connectivity index (χ3n) is 4.81. The van der Waals surface area contributed by atoms with Gasteiger partial charge in [-0.1, -0.05) is 7.43 Å². The summed E-state index contributed by atoms with van der Waals surface area (Å²) in [7, 11) is 2.90. The SMILES string of the molecule is C.COC(CCC(N)=O)(OC)c1cc(F)ccc1I.Fc1ccc(I)c(C2=NCCC2)c1. The van der Waals surface area contributed by atoms with E-state index in [1.807, 2.05) is 0 Å². The highest BCUT2D eigenvalue weighted by molar-refractivity contribution is 14.1. The molecular weight excluding hydrogens is 644 g/mol. The van der Waals surface area contributed by atoms with E-state index in [1.54, 1.807) is 18.2 Å². The van der Waals surface area contributed by atoms with Crippen LogP contribution in [-0.4, -0.2) is 32.4 Å². The van der Waals surface area contributed by atoms with E-state index >= 15 is 0 Å². The standard InChI is InChI=1S/C12H15FINO3.C10H9FIN.CH4/c1-17-12(18-2,6-5-11(15)16)9-7-8(13)3-4-10(9)14;11-7-3-4-9(12)8(6-7)10-2-1-5-13-10;/h3-4,7H,5-6H2,1-2H3,(H2,15,16);3-4,6H,1-2,5H2;1H4. The number of rotatable bonds is 7. The Kier molecular flexibility index (Phi) is 12.2. The first kappa shape index (κ1) is 28.9. The van der Waals surface area contributed by atoms with Gasteiger partial charge in [-0.25, -0.2) is 8.78 Å². The first-order valence-electron chi connectivity index (χ1n) is 9.55. The predicted octanol–water partition coefficient (Wildman–Crippen LogP) is 5.79. The third-order valence-corrected chi connectivity index (χ3v) is 6.69. The Morgan fingerprint density at radius 1 is 1.09 bits per heavy atom.